The molecule has 0 unspecified atom stereocenters. The third kappa shape index (κ3) is 5.43. The molecule has 5 rings (SSSR count). The first-order valence-electron chi connectivity index (χ1n) is 13.3. The van der Waals surface area contributed by atoms with E-state index in [-0.39, 0.29) is 29.7 Å². The maximum Gasteiger partial charge on any atom is 0.269 e. The highest BCUT2D eigenvalue weighted by Crippen LogP contribution is 2.47. The van der Waals surface area contributed by atoms with Crippen LogP contribution in [0.15, 0.2) is 89.3 Å². The summed E-state index contributed by atoms with van der Waals surface area (Å²) in [6, 6.07) is 19.2. The molecule has 0 saturated carbocycles. The van der Waals surface area contributed by atoms with E-state index in [1.807, 2.05) is 49.4 Å². The fourth-order valence-corrected chi connectivity index (χ4v) is 5.67. The molecule has 1 aliphatic carbocycles. The Kier molecular flexibility index (Phi) is 7.61. The number of nitro groups is 1. The second-order valence-corrected chi connectivity index (χ2v) is 10.3. The zero-order valence-electron chi connectivity index (χ0n) is 23.3. The van der Waals surface area contributed by atoms with E-state index >= 15 is 0 Å². The molecule has 2 atom stereocenters. The van der Waals surface area contributed by atoms with Crippen LogP contribution in [0.1, 0.15) is 48.3 Å². The van der Waals surface area contributed by atoms with Crippen LogP contribution in [0.3, 0.4) is 0 Å². The Morgan fingerprint density at radius 3 is 2.37 bits per heavy atom. The number of dihydropyridines is 1. The van der Waals surface area contributed by atoms with Gasteiger partial charge in [0.1, 0.15) is 0 Å². The number of carbonyl (C=O) groups is 2. The first-order chi connectivity index (χ1) is 19.7. The third-order valence-corrected chi connectivity index (χ3v) is 7.68. The standard InChI is InChI=1S/C32H31N3O6/c1-18-8-11-23(12-9-18)34-32(37)29-19(2)33-25-15-22(20-10-13-27(40-3)28(17-20)41-4)16-26(36)31(25)30(29)21-6-5-7-24(14-21)35(38)39/h5-14,17,22,30,33H,15-16H2,1-4H3,(H,34,37)/t22-,30+/m1/s1. The minimum atomic E-state index is -0.768. The number of hydrogen-bond acceptors (Lipinski definition) is 7. The Morgan fingerprint density at radius 1 is 0.951 bits per heavy atom. The smallest absolute Gasteiger partial charge is 0.269 e. The normalized spacial score (nSPS) is 18.4. The van der Waals surface area contributed by atoms with Crippen LogP contribution >= 0.6 is 0 Å². The Balaban J connectivity index is 1.57. The number of Topliss-reactive ketones (excluding diaryl/α,β-unsaturated/α-hetero) is 1. The molecule has 9 heteroatoms. The summed E-state index contributed by atoms with van der Waals surface area (Å²) >= 11 is 0. The molecule has 2 N–H and O–H groups in total. The van der Waals surface area contributed by atoms with Crippen LogP contribution in [0.5, 0.6) is 11.5 Å². The summed E-state index contributed by atoms with van der Waals surface area (Å²) in [7, 11) is 3.14. The molecule has 0 aromatic heterocycles. The van der Waals surface area contributed by atoms with Crippen molar-refractivity contribution in [2.24, 2.45) is 0 Å². The highest BCUT2D eigenvalue weighted by atomic mass is 16.6. The average molecular weight is 554 g/mol. The quantitative estimate of drug-likeness (QED) is 0.275. The number of allylic oxidation sites excluding steroid dienone is 3. The molecular weight excluding hydrogens is 522 g/mol. The van der Waals surface area contributed by atoms with Crippen LogP contribution < -0.4 is 20.1 Å². The van der Waals surface area contributed by atoms with Crippen molar-refractivity contribution in [2.75, 3.05) is 19.5 Å². The molecule has 41 heavy (non-hydrogen) atoms. The molecule has 0 bridgehead atoms. The molecule has 1 amide bonds. The van der Waals surface area contributed by atoms with Gasteiger partial charge in [-0.05, 0) is 61.6 Å². The highest BCUT2D eigenvalue weighted by Gasteiger charge is 2.41. The van der Waals surface area contributed by atoms with Gasteiger partial charge in [0.05, 0.1) is 19.1 Å². The van der Waals surface area contributed by atoms with Crippen LogP contribution in [-0.2, 0) is 9.59 Å². The van der Waals surface area contributed by atoms with Crippen molar-refractivity contribution in [1.29, 1.82) is 0 Å². The van der Waals surface area contributed by atoms with Gasteiger partial charge >= 0.3 is 0 Å². The van der Waals surface area contributed by atoms with Crippen molar-refractivity contribution >= 4 is 23.1 Å². The molecule has 0 fully saturated rings. The predicted molar refractivity (Wildman–Crippen MR) is 155 cm³/mol. The zero-order chi connectivity index (χ0) is 29.3. The van der Waals surface area contributed by atoms with Gasteiger partial charge in [-0.1, -0.05) is 35.9 Å². The lowest BCUT2D eigenvalue weighted by Gasteiger charge is -2.37. The largest absolute Gasteiger partial charge is 0.493 e. The summed E-state index contributed by atoms with van der Waals surface area (Å²) in [5, 5.41) is 17.9. The number of ether oxygens (including phenoxy) is 2. The second-order valence-electron chi connectivity index (χ2n) is 10.3. The first kappa shape index (κ1) is 27.6. The van der Waals surface area contributed by atoms with Gasteiger partial charge in [0, 0.05) is 52.7 Å². The minimum Gasteiger partial charge on any atom is -0.493 e. The lowest BCUT2D eigenvalue weighted by Crippen LogP contribution is -2.37. The Bertz CT molecular complexity index is 1610. The van der Waals surface area contributed by atoms with Gasteiger partial charge in [0.2, 0.25) is 0 Å². The Morgan fingerprint density at radius 2 is 1.68 bits per heavy atom. The number of amides is 1. The van der Waals surface area contributed by atoms with E-state index < -0.39 is 10.8 Å². The lowest BCUT2D eigenvalue weighted by atomic mass is 9.71. The summed E-state index contributed by atoms with van der Waals surface area (Å²) in [4.78, 5) is 38.8. The summed E-state index contributed by atoms with van der Waals surface area (Å²) in [5.41, 5.74) is 5.11. The molecule has 3 aromatic carbocycles. The van der Waals surface area contributed by atoms with E-state index in [9.17, 15) is 19.7 Å². The van der Waals surface area contributed by atoms with E-state index in [2.05, 4.69) is 10.6 Å². The number of ketones is 1. The molecule has 1 heterocycles. The topological polar surface area (TPSA) is 120 Å². The molecular formula is C32H31N3O6. The molecule has 1 aliphatic heterocycles. The van der Waals surface area contributed by atoms with E-state index in [0.717, 1.165) is 11.1 Å². The van der Waals surface area contributed by atoms with Crippen molar-refractivity contribution in [3.8, 4) is 11.5 Å². The summed E-state index contributed by atoms with van der Waals surface area (Å²) in [5.74, 6) is -0.220. The van der Waals surface area contributed by atoms with Gasteiger partial charge in [0.25, 0.3) is 11.6 Å². The Labute approximate surface area is 238 Å². The number of nitro benzene ring substituents is 1. The zero-order valence-corrected chi connectivity index (χ0v) is 23.3. The fraction of sp³-hybridized carbons (Fsp3) is 0.250. The monoisotopic (exact) mass is 553 g/mol. The number of aryl methyl sites for hydroxylation is 1. The van der Waals surface area contributed by atoms with E-state index in [1.54, 1.807) is 33.3 Å². The molecule has 210 valence electrons. The molecule has 2 aliphatic rings. The summed E-state index contributed by atoms with van der Waals surface area (Å²) in [6.45, 7) is 3.75. The summed E-state index contributed by atoms with van der Waals surface area (Å²) in [6.07, 6.45) is 0.736. The number of rotatable bonds is 7. The third-order valence-electron chi connectivity index (χ3n) is 7.68. The van der Waals surface area contributed by atoms with E-state index in [4.69, 9.17) is 9.47 Å². The van der Waals surface area contributed by atoms with Crippen LogP contribution in [0, 0.1) is 17.0 Å². The van der Waals surface area contributed by atoms with Crippen molar-refractivity contribution in [1.82, 2.24) is 5.32 Å². The number of carbonyl (C=O) groups excluding carboxylic acids is 2. The van der Waals surface area contributed by atoms with Gasteiger partial charge in [-0.15, -0.1) is 0 Å². The van der Waals surface area contributed by atoms with Crippen LogP contribution in [0.2, 0.25) is 0 Å². The SMILES string of the molecule is COc1ccc([C@H]2CC(=O)C3=C(C2)NC(C)=C(C(=O)Nc2ccc(C)cc2)[C@@H]3c2cccc([N+](=O)[O-])c2)cc1OC. The van der Waals surface area contributed by atoms with E-state index in [1.165, 1.54) is 12.1 Å². The lowest BCUT2D eigenvalue weighted by molar-refractivity contribution is -0.384. The number of hydrogen-bond donors (Lipinski definition) is 2. The van der Waals surface area contributed by atoms with Crippen molar-refractivity contribution in [3.05, 3.63) is 116 Å². The number of nitrogens with one attached hydrogen (secondary N) is 2. The first-order valence-corrected chi connectivity index (χ1v) is 13.3. The molecule has 3 aromatic rings. The molecule has 0 saturated heterocycles. The Hall–Kier alpha value is -4.92. The fourth-order valence-electron chi connectivity index (χ4n) is 5.67. The van der Waals surface area contributed by atoms with Gasteiger partial charge in [0.15, 0.2) is 17.3 Å². The molecule has 0 radical (unpaired) electrons. The maximum absolute atomic E-state index is 13.9. The van der Waals surface area contributed by atoms with Crippen molar-refractivity contribution in [3.63, 3.8) is 0 Å². The maximum atomic E-state index is 13.9. The minimum absolute atomic E-state index is 0.106. The van der Waals surface area contributed by atoms with Crippen molar-refractivity contribution in [2.45, 2.75) is 38.5 Å². The highest BCUT2D eigenvalue weighted by molar-refractivity contribution is 6.10. The number of non-ortho nitro benzene ring substituents is 1. The van der Waals surface area contributed by atoms with Crippen LogP contribution in [0.25, 0.3) is 0 Å². The van der Waals surface area contributed by atoms with Gasteiger partial charge in [-0.2, -0.15) is 0 Å². The van der Waals surface area contributed by atoms with Crippen LogP contribution in [-0.4, -0.2) is 30.8 Å². The number of benzene rings is 3. The predicted octanol–water partition coefficient (Wildman–Crippen LogP) is 5.92. The average Bonchev–Trinajstić information content (AvgIpc) is 2.97. The van der Waals surface area contributed by atoms with Crippen LogP contribution in [0.4, 0.5) is 11.4 Å². The second kappa shape index (κ2) is 11.3. The number of nitrogens with zero attached hydrogens (tertiary/aromatic N) is 1. The number of methoxy groups -OCH3 is 2. The summed E-state index contributed by atoms with van der Waals surface area (Å²) < 4.78 is 10.8. The molecule has 9 nitrogen and oxygen atoms in total. The van der Waals surface area contributed by atoms with Gasteiger partial charge < -0.3 is 20.1 Å². The number of anilines is 1. The van der Waals surface area contributed by atoms with E-state index in [0.29, 0.717) is 51.7 Å². The van der Waals surface area contributed by atoms with Crippen molar-refractivity contribution < 1.29 is 24.0 Å². The van der Waals surface area contributed by atoms with Gasteiger partial charge in [-0.25, -0.2) is 0 Å². The van der Waals surface area contributed by atoms with Gasteiger partial charge in [-0.3, -0.25) is 19.7 Å². The molecule has 0 spiro atoms.